The molecule has 1 rings (SSSR count). The van der Waals surface area contributed by atoms with Crippen molar-refractivity contribution in [3.8, 4) is 0 Å². The molecule has 0 radical (unpaired) electrons. The minimum Gasteiger partial charge on any atom is -0.370 e. The number of aryl methyl sites for hydroxylation is 1. The summed E-state index contributed by atoms with van der Waals surface area (Å²) in [6.07, 6.45) is 6.30. The smallest absolute Gasteiger partial charge is 0.217 e. The molecule has 1 heterocycles. The molecule has 0 aromatic carbocycles. The summed E-state index contributed by atoms with van der Waals surface area (Å²) >= 11 is 0. The molecule has 0 aliphatic carbocycles. The summed E-state index contributed by atoms with van der Waals surface area (Å²) in [6.45, 7) is 0. The van der Waals surface area contributed by atoms with Crippen LogP contribution in [-0.4, -0.2) is 10.9 Å². The summed E-state index contributed by atoms with van der Waals surface area (Å²) in [6, 6.07) is 5.93. The van der Waals surface area contributed by atoms with Crippen molar-refractivity contribution in [1.82, 2.24) is 4.98 Å². The van der Waals surface area contributed by atoms with E-state index in [1.807, 2.05) is 18.2 Å². The lowest BCUT2D eigenvalue weighted by Crippen LogP contribution is -2.09. The van der Waals surface area contributed by atoms with Gasteiger partial charge in [0.15, 0.2) is 0 Å². The number of carbonyl (C=O) groups is 1. The minimum absolute atomic E-state index is 0.206. The molecule has 0 unspecified atom stereocenters. The predicted octanol–water partition coefficient (Wildman–Crippen LogP) is 1.67. The van der Waals surface area contributed by atoms with Gasteiger partial charge in [-0.1, -0.05) is 12.5 Å². The summed E-state index contributed by atoms with van der Waals surface area (Å²) in [7, 11) is 0. The van der Waals surface area contributed by atoms with Crippen molar-refractivity contribution < 1.29 is 4.79 Å². The molecule has 2 N–H and O–H groups in total. The molecule has 0 saturated carbocycles. The molecule has 0 bridgehead atoms. The Hall–Kier alpha value is -1.38. The summed E-state index contributed by atoms with van der Waals surface area (Å²) in [4.78, 5) is 14.7. The standard InChI is InChI=1S/C11H16N2O/c12-11(14)8-3-1-2-6-10-7-4-5-9-13-10/h4-5,7,9H,1-3,6,8H2,(H2,12,14). The largest absolute Gasteiger partial charge is 0.370 e. The molecule has 0 aliphatic heterocycles. The number of primary amides is 1. The van der Waals surface area contributed by atoms with Crippen molar-refractivity contribution in [3.63, 3.8) is 0 Å². The second-order valence-electron chi connectivity index (χ2n) is 3.35. The highest BCUT2D eigenvalue weighted by atomic mass is 16.1. The van der Waals surface area contributed by atoms with Crippen molar-refractivity contribution in [3.05, 3.63) is 30.1 Å². The first-order chi connectivity index (χ1) is 6.79. The lowest BCUT2D eigenvalue weighted by atomic mass is 10.1. The number of hydrogen-bond donors (Lipinski definition) is 1. The number of aromatic nitrogens is 1. The number of nitrogens with zero attached hydrogens (tertiary/aromatic N) is 1. The third kappa shape index (κ3) is 4.60. The summed E-state index contributed by atoms with van der Waals surface area (Å²) in [5, 5.41) is 0. The fourth-order valence-electron chi connectivity index (χ4n) is 1.33. The van der Waals surface area contributed by atoms with Gasteiger partial charge in [-0.15, -0.1) is 0 Å². The number of amides is 1. The van der Waals surface area contributed by atoms with Crippen LogP contribution in [-0.2, 0) is 11.2 Å². The Balaban J connectivity index is 2.08. The zero-order valence-electron chi connectivity index (χ0n) is 8.28. The molecule has 0 spiro atoms. The minimum atomic E-state index is -0.206. The Bertz CT molecular complexity index is 272. The van der Waals surface area contributed by atoms with Gasteiger partial charge in [0.05, 0.1) is 0 Å². The molecule has 76 valence electrons. The first kappa shape index (κ1) is 10.7. The third-order valence-corrected chi connectivity index (χ3v) is 2.08. The highest BCUT2D eigenvalue weighted by molar-refractivity contribution is 5.73. The van der Waals surface area contributed by atoms with E-state index in [9.17, 15) is 4.79 Å². The molecule has 0 saturated heterocycles. The molecule has 3 heteroatoms. The van der Waals surface area contributed by atoms with Crippen LogP contribution >= 0.6 is 0 Å². The zero-order valence-corrected chi connectivity index (χ0v) is 8.28. The van der Waals surface area contributed by atoms with E-state index in [0.29, 0.717) is 6.42 Å². The Morgan fingerprint density at radius 2 is 2.14 bits per heavy atom. The normalized spacial score (nSPS) is 10.0. The molecular weight excluding hydrogens is 176 g/mol. The Morgan fingerprint density at radius 1 is 1.29 bits per heavy atom. The second-order valence-corrected chi connectivity index (χ2v) is 3.35. The molecule has 0 fully saturated rings. The quantitative estimate of drug-likeness (QED) is 0.697. The average Bonchev–Trinajstić information content (AvgIpc) is 2.18. The number of carbonyl (C=O) groups excluding carboxylic acids is 1. The molecule has 1 amide bonds. The predicted molar refractivity (Wildman–Crippen MR) is 55.6 cm³/mol. The number of pyridine rings is 1. The van der Waals surface area contributed by atoms with Crippen LogP contribution in [0.1, 0.15) is 31.4 Å². The topological polar surface area (TPSA) is 56.0 Å². The number of nitrogens with two attached hydrogens (primary N) is 1. The van der Waals surface area contributed by atoms with Gasteiger partial charge in [0.2, 0.25) is 5.91 Å². The highest BCUT2D eigenvalue weighted by Crippen LogP contribution is 2.04. The van der Waals surface area contributed by atoms with Crippen LogP contribution in [0.4, 0.5) is 0 Å². The molecular formula is C11H16N2O. The van der Waals surface area contributed by atoms with E-state index in [1.165, 1.54) is 0 Å². The molecule has 3 nitrogen and oxygen atoms in total. The Morgan fingerprint density at radius 3 is 2.79 bits per heavy atom. The third-order valence-electron chi connectivity index (χ3n) is 2.08. The van der Waals surface area contributed by atoms with Crippen molar-refractivity contribution in [2.45, 2.75) is 32.1 Å². The lowest BCUT2D eigenvalue weighted by Gasteiger charge is -1.99. The number of rotatable bonds is 6. The Labute approximate surface area is 84.3 Å². The van der Waals surface area contributed by atoms with E-state index >= 15 is 0 Å². The van der Waals surface area contributed by atoms with Crippen molar-refractivity contribution in [2.24, 2.45) is 5.73 Å². The average molecular weight is 192 g/mol. The van der Waals surface area contributed by atoms with E-state index in [2.05, 4.69) is 4.98 Å². The van der Waals surface area contributed by atoms with Gasteiger partial charge in [-0.25, -0.2) is 0 Å². The van der Waals surface area contributed by atoms with E-state index in [1.54, 1.807) is 6.20 Å². The maximum Gasteiger partial charge on any atom is 0.217 e. The molecule has 1 aromatic heterocycles. The van der Waals surface area contributed by atoms with Gasteiger partial charge in [0, 0.05) is 18.3 Å². The van der Waals surface area contributed by atoms with Crippen molar-refractivity contribution in [2.75, 3.05) is 0 Å². The number of unbranched alkanes of at least 4 members (excludes halogenated alkanes) is 2. The highest BCUT2D eigenvalue weighted by Gasteiger charge is 1.96. The lowest BCUT2D eigenvalue weighted by molar-refractivity contribution is -0.118. The van der Waals surface area contributed by atoms with Crippen LogP contribution < -0.4 is 5.73 Å². The molecule has 1 aromatic rings. The van der Waals surface area contributed by atoms with E-state index < -0.39 is 0 Å². The van der Waals surface area contributed by atoms with Crippen LogP contribution in [0.3, 0.4) is 0 Å². The van der Waals surface area contributed by atoms with E-state index in [0.717, 1.165) is 31.4 Å². The summed E-state index contributed by atoms with van der Waals surface area (Å²) in [5.41, 5.74) is 6.15. The summed E-state index contributed by atoms with van der Waals surface area (Å²) in [5.74, 6) is -0.206. The van der Waals surface area contributed by atoms with Crippen LogP contribution in [0, 0.1) is 0 Å². The van der Waals surface area contributed by atoms with Crippen molar-refractivity contribution >= 4 is 5.91 Å². The van der Waals surface area contributed by atoms with Gasteiger partial charge in [-0.05, 0) is 31.4 Å². The van der Waals surface area contributed by atoms with E-state index in [-0.39, 0.29) is 5.91 Å². The monoisotopic (exact) mass is 192 g/mol. The fraction of sp³-hybridized carbons (Fsp3) is 0.455. The first-order valence-corrected chi connectivity index (χ1v) is 4.97. The van der Waals surface area contributed by atoms with Gasteiger partial charge in [-0.3, -0.25) is 9.78 Å². The maximum atomic E-state index is 10.4. The molecule has 0 atom stereocenters. The van der Waals surface area contributed by atoms with Gasteiger partial charge in [0.25, 0.3) is 0 Å². The van der Waals surface area contributed by atoms with Crippen LogP contribution in [0.2, 0.25) is 0 Å². The zero-order chi connectivity index (χ0) is 10.2. The second kappa shape index (κ2) is 6.13. The van der Waals surface area contributed by atoms with Crippen LogP contribution in [0.5, 0.6) is 0 Å². The fourth-order valence-corrected chi connectivity index (χ4v) is 1.33. The molecule has 14 heavy (non-hydrogen) atoms. The molecule has 0 aliphatic rings. The Kier molecular flexibility index (Phi) is 4.69. The van der Waals surface area contributed by atoms with Gasteiger partial charge in [0.1, 0.15) is 0 Å². The van der Waals surface area contributed by atoms with Gasteiger partial charge >= 0.3 is 0 Å². The SMILES string of the molecule is NC(=O)CCCCCc1ccccn1. The number of hydrogen-bond acceptors (Lipinski definition) is 2. The first-order valence-electron chi connectivity index (χ1n) is 4.97. The van der Waals surface area contributed by atoms with E-state index in [4.69, 9.17) is 5.73 Å². The van der Waals surface area contributed by atoms with Crippen LogP contribution in [0.15, 0.2) is 24.4 Å². The van der Waals surface area contributed by atoms with Gasteiger partial charge in [-0.2, -0.15) is 0 Å². The maximum absolute atomic E-state index is 10.4. The summed E-state index contributed by atoms with van der Waals surface area (Å²) < 4.78 is 0. The van der Waals surface area contributed by atoms with Crippen molar-refractivity contribution in [1.29, 1.82) is 0 Å². The van der Waals surface area contributed by atoms with Crippen LogP contribution in [0.25, 0.3) is 0 Å². The van der Waals surface area contributed by atoms with Gasteiger partial charge < -0.3 is 5.73 Å².